The summed E-state index contributed by atoms with van der Waals surface area (Å²) in [6.45, 7) is 6.96. The van der Waals surface area contributed by atoms with Crippen molar-refractivity contribution in [2.75, 3.05) is 13.1 Å². The molecule has 1 saturated carbocycles. The van der Waals surface area contributed by atoms with Crippen LogP contribution in [0.4, 0.5) is 0 Å². The summed E-state index contributed by atoms with van der Waals surface area (Å²) in [4.78, 5) is 20.2. The topological polar surface area (TPSA) is 51.0 Å². The van der Waals surface area contributed by atoms with Gasteiger partial charge in [0.05, 0.1) is 16.6 Å². The van der Waals surface area contributed by atoms with E-state index in [9.17, 15) is 4.79 Å². The zero-order valence-corrected chi connectivity index (χ0v) is 16.6. The molecule has 2 heterocycles. The van der Waals surface area contributed by atoms with Crippen LogP contribution < -0.4 is 0 Å². The zero-order chi connectivity index (χ0) is 19.7. The number of hydrogen-bond acceptors (Lipinski definition) is 3. The number of nitrogens with zero attached hydrogens (tertiary/aromatic N) is 4. The molecule has 5 nitrogen and oxygen atoms in total. The van der Waals surface area contributed by atoms with Gasteiger partial charge in [-0.25, -0.2) is 4.98 Å². The molecule has 4 rings (SSSR count). The molecule has 1 aromatic carbocycles. The molecule has 1 aliphatic rings. The van der Waals surface area contributed by atoms with Crippen molar-refractivity contribution in [3.05, 3.63) is 71.6 Å². The second kappa shape index (κ2) is 7.58. The van der Waals surface area contributed by atoms with Crippen LogP contribution in [0.25, 0.3) is 11.0 Å². The van der Waals surface area contributed by atoms with Crippen molar-refractivity contribution in [1.29, 1.82) is 0 Å². The van der Waals surface area contributed by atoms with Crippen LogP contribution in [0, 0.1) is 6.92 Å². The number of amides is 1. The molecule has 0 atom stereocenters. The first kappa shape index (κ1) is 18.4. The zero-order valence-electron chi connectivity index (χ0n) is 16.6. The second-order valence-corrected chi connectivity index (χ2v) is 7.55. The van der Waals surface area contributed by atoms with Crippen molar-refractivity contribution in [2.24, 2.45) is 7.05 Å². The van der Waals surface area contributed by atoms with E-state index >= 15 is 0 Å². The number of carbonyl (C=O) groups is 1. The van der Waals surface area contributed by atoms with Crippen LogP contribution in [-0.4, -0.2) is 38.7 Å². The number of hydrogen-bond donors (Lipinski definition) is 0. The molecule has 0 aliphatic heterocycles. The molecule has 3 aromatic rings. The minimum absolute atomic E-state index is 0.0289. The molecule has 0 saturated heterocycles. The first-order valence-corrected chi connectivity index (χ1v) is 9.87. The Bertz CT molecular complexity index is 1020. The smallest absolute Gasteiger partial charge is 0.255 e. The molecule has 0 unspecified atom stereocenters. The van der Waals surface area contributed by atoms with Gasteiger partial charge in [-0.2, -0.15) is 5.10 Å². The maximum Gasteiger partial charge on any atom is 0.255 e. The summed E-state index contributed by atoms with van der Waals surface area (Å²) < 4.78 is 1.79. The number of benzene rings is 1. The first-order chi connectivity index (χ1) is 13.6. The van der Waals surface area contributed by atoms with E-state index in [1.165, 1.54) is 5.56 Å². The van der Waals surface area contributed by atoms with Gasteiger partial charge in [-0.1, -0.05) is 36.4 Å². The fourth-order valence-electron chi connectivity index (χ4n) is 3.73. The average molecular weight is 374 g/mol. The molecule has 144 valence electrons. The lowest BCUT2D eigenvalue weighted by Gasteiger charge is -2.22. The van der Waals surface area contributed by atoms with Crippen LogP contribution in [0.2, 0.25) is 0 Å². The minimum Gasteiger partial charge on any atom is -0.335 e. The van der Waals surface area contributed by atoms with Crippen LogP contribution in [0.3, 0.4) is 0 Å². The van der Waals surface area contributed by atoms with Crippen LogP contribution >= 0.6 is 0 Å². The summed E-state index contributed by atoms with van der Waals surface area (Å²) in [6.07, 6.45) is 4.90. The van der Waals surface area contributed by atoms with Gasteiger partial charge in [0.15, 0.2) is 5.65 Å². The highest BCUT2D eigenvalue weighted by Crippen LogP contribution is 2.40. The van der Waals surface area contributed by atoms with Crippen molar-refractivity contribution in [3.63, 3.8) is 0 Å². The fourth-order valence-corrected chi connectivity index (χ4v) is 3.73. The highest BCUT2D eigenvalue weighted by Gasteiger charge is 2.29. The van der Waals surface area contributed by atoms with Gasteiger partial charge in [0.1, 0.15) is 0 Å². The Morgan fingerprint density at radius 2 is 2.07 bits per heavy atom. The largest absolute Gasteiger partial charge is 0.335 e. The van der Waals surface area contributed by atoms with Gasteiger partial charge in [0, 0.05) is 31.7 Å². The van der Waals surface area contributed by atoms with E-state index < -0.39 is 0 Å². The van der Waals surface area contributed by atoms with Crippen LogP contribution in [0.15, 0.2) is 49.1 Å². The summed E-state index contributed by atoms with van der Waals surface area (Å²) in [7, 11) is 1.89. The predicted octanol–water partition coefficient (Wildman–Crippen LogP) is 4.03. The molecule has 1 fully saturated rings. The van der Waals surface area contributed by atoms with E-state index in [0.717, 1.165) is 41.7 Å². The summed E-state index contributed by atoms with van der Waals surface area (Å²) in [5, 5.41) is 5.38. The normalized spacial score (nSPS) is 13.6. The SMILES string of the molecule is C=CCN(CCc1ccccc1)C(=O)c1cc(C2CC2)nc2c1c(C)nn2C. The monoisotopic (exact) mass is 374 g/mol. The van der Waals surface area contributed by atoms with Crippen LogP contribution in [0.1, 0.15) is 46.1 Å². The van der Waals surface area contributed by atoms with E-state index in [0.29, 0.717) is 24.6 Å². The molecular formula is C23H26N4O. The lowest BCUT2D eigenvalue weighted by Crippen LogP contribution is -2.33. The Morgan fingerprint density at radius 1 is 1.32 bits per heavy atom. The number of pyridine rings is 1. The maximum atomic E-state index is 13.5. The second-order valence-electron chi connectivity index (χ2n) is 7.55. The van der Waals surface area contributed by atoms with Gasteiger partial charge in [-0.15, -0.1) is 6.58 Å². The minimum atomic E-state index is 0.0289. The third-order valence-corrected chi connectivity index (χ3v) is 5.36. The van der Waals surface area contributed by atoms with Crippen molar-refractivity contribution in [1.82, 2.24) is 19.7 Å². The molecule has 0 spiro atoms. The van der Waals surface area contributed by atoms with E-state index in [1.54, 1.807) is 10.8 Å². The van der Waals surface area contributed by atoms with Gasteiger partial charge < -0.3 is 4.90 Å². The van der Waals surface area contributed by atoms with Crippen LogP contribution in [-0.2, 0) is 13.5 Å². The quantitative estimate of drug-likeness (QED) is 0.587. The number of rotatable bonds is 7. The van der Waals surface area contributed by atoms with Gasteiger partial charge in [-0.05, 0) is 37.8 Å². The van der Waals surface area contributed by atoms with E-state index in [2.05, 4.69) is 23.8 Å². The first-order valence-electron chi connectivity index (χ1n) is 9.87. The molecular weight excluding hydrogens is 348 g/mol. The Balaban J connectivity index is 1.69. The van der Waals surface area contributed by atoms with Crippen molar-refractivity contribution < 1.29 is 4.79 Å². The van der Waals surface area contributed by atoms with Crippen molar-refractivity contribution >= 4 is 16.9 Å². The van der Waals surface area contributed by atoms with Gasteiger partial charge in [0.25, 0.3) is 5.91 Å². The molecule has 0 N–H and O–H groups in total. The summed E-state index contributed by atoms with van der Waals surface area (Å²) in [5.41, 5.74) is 4.59. The Kier molecular flexibility index (Phi) is 4.99. The number of fused-ring (bicyclic) bond motifs is 1. The lowest BCUT2D eigenvalue weighted by molar-refractivity contribution is 0.0777. The highest BCUT2D eigenvalue weighted by molar-refractivity contribution is 6.06. The Hall–Kier alpha value is -2.95. The number of aromatic nitrogens is 3. The predicted molar refractivity (Wildman–Crippen MR) is 111 cm³/mol. The summed E-state index contributed by atoms with van der Waals surface area (Å²) in [6, 6.07) is 12.3. The number of carbonyl (C=O) groups excluding carboxylic acids is 1. The Labute approximate surface area is 165 Å². The van der Waals surface area contributed by atoms with Gasteiger partial charge in [0.2, 0.25) is 0 Å². The van der Waals surface area contributed by atoms with E-state index in [4.69, 9.17) is 4.98 Å². The summed E-state index contributed by atoms with van der Waals surface area (Å²) in [5.74, 6) is 0.504. The molecule has 0 radical (unpaired) electrons. The van der Waals surface area contributed by atoms with Gasteiger partial charge >= 0.3 is 0 Å². The highest BCUT2D eigenvalue weighted by atomic mass is 16.2. The third kappa shape index (κ3) is 3.57. The molecule has 1 amide bonds. The molecule has 5 heteroatoms. The third-order valence-electron chi connectivity index (χ3n) is 5.36. The lowest BCUT2D eigenvalue weighted by atomic mass is 10.1. The standard InChI is InChI=1S/C23H26N4O/c1-4-13-27(14-12-17-8-6-5-7-9-17)23(28)19-15-20(18-10-11-18)24-22-21(19)16(2)25-26(22)3/h4-9,15,18H,1,10-14H2,2-3H3. The Morgan fingerprint density at radius 3 is 2.75 bits per heavy atom. The number of aryl methyl sites for hydroxylation is 2. The van der Waals surface area contributed by atoms with Crippen LogP contribution in [0.5, 0.6) is 0 Å². The molecule has 1 aliphatic carbocycles. The maximum absolute atomic E-state index is 13.5. The van der Waals surface area contributed by atoms with E-state index in [1.807, 2.05) is 43.1 Å². The molecule has 28 heavy (non-hydrogen) atoms. The van der Waals surface area contributed by atoms with Gasteiger partial charge in [-0.3, -0.25) is 9.48 Å². The average Bonchev–Trinajstić information content (AvgIpc) is 3.51. The molecule has 2 aromatic heterocycles. The van der Waals surface area contributed by atoms with E-state index in [-0.39, 0.29) is 5.91 Å². The molecule has 0 bridgehead atoms. The van der Waals surface area contributed by atoms with Crippen molar-refractivity contribution in [3.8, 4) is 0 Å². The van der Waals surface area contributed by atoms with Crippen molar-refractivity contribution in [2.45, 2.75) is 32.1 Å². The summed E-state index contributed by atoms with van der Waals surface area (Å²) >= 11 is 0. The fraction of sp³-hybridized carbons (Fsp3) is 0.348.